The number of rotatable bonds is 4. The molecule has 0 saturated carbocycles. The number of carbonyl (C=O) groups excluding carboxylic acids is 2. The van der Waals surface area contributed by atoms with Crippen LogP contribution in [0.3, 0.4) is 0 Å². The molecule has 0 unspecified atom stereocenters. The topological polar surface area (TPSA) is 150 Å². The molecule has 3 saturated heterocycles. The smallest absolute Gasteiger partial charge is 0.319 e. The molecule has 0 aromatic heterocycles. The fraction of sp³-hybridized carbons (Fsp3) is 0.550. The monoisotopic (exact) mass is 415 g/mol. The predicted octanol–water partition coefficient (Wildman–Crippen LogP) is -0.270. The molecule has 0 radical (unpaired) electrons. The van der Waals surface area contributed by atoms with E-state index in [2.05, 4.69) is 10.6 Å². The van der Waals surface area contributed by atoms with Gasteiger partial charge in [-0.05, 0) is 44.1 Å². The molecule has 10 heteroatoms. The minimum Gasteiger partial charge on any atom is -0.389 e. The van der Waals surface area contributed by atoms with Gasteiger partial charge in [0.05, 0.1) is 36.4 Å². The maximum Gasteiger partial charge on any atom is 0.319 e. The van der Waals surface area contributed by atoms with E-state index in [0.29, 0.717) is 37.2 Å². The molecule has 160 valence electrons. The summed E-state index contributed by atoms with van der Waals surface area (Å²) in [5.41, 5.74) is 6.31. The van der Waals surface area contributed by atoms with E-state index in [1.165, 1.54) is 0 Å². The Labute approximate surface area is 173 Å². The normalized spacial score (nSPS) is 31.7. The molecule has 3 heterocycles. The minimum absolute atomic E-state index is 0.163. The lowest BCUT2D eigenvalue weighted by Crippen LogP contribution is -2.66. The van der Waals surface area contributed by atoms with E-state index < -0.39 is 36.6 Å². The third kappa shape index (κ3) is 4.11. The largest absolute Gasteiger partial charge is 0.389 e. The summed E-state index contributed by atoms with van der Waals surface area (Å²) in [6.45, 7) is 1.44. The number of aliphatic hydroxyl groups is 1. The number of nitrogens with one attached hydrogen (secondary N) is 2. The number of likely N-dealkylation sites (tertiary alicyclic amines) is 1. The molecule has 5 N–H and O–H groups in total. The van der Waals surface area contributed by atoms with Crippen LogP contribution in [0.25, 0.3) is 0 Å². The Morgan fingerprint density at radius 3 is 2.77 bits per heavy atom. The Bertz CT molecular complexity index is 850. The predicted molar refractivity (Wildman–Crippen MR) is 105 cm³/mol. The number of nitrogens with two attached hydrogens (primary N) is 1. The first-order chi connectivity index (χ1) is 14.5. The van der Waals surface area contributed by atoms with Gasteiger partial charge >= 0.3 is 6.03 Å². The Balaban J connectivity index is 1.41. The molecule has 2 bridgehead atoms. The molecular formula is C20H25N5O5. The van der Waals surface area contributed by atoms with Crippen LogP contribution in [0.1, 0.15) is 18.4 Å². The SMILES string of the molecule is N#Cc1cccc(NC(=O)N[C@@H]2[C@H](O)[C@@H](N3CCC(C(N)=O)CC3)[C@@H]3OC[C@@H]2O3)c1. The van der Waals surface area contributed by atoms with Gasteiger partial charge in [0.25, 0.3) is 0 Å². The molecule has 3 fully saturated rings. The number of piperidine rings is 1. The molecule has 3 amide bonds. The Morgan fingerprint density at radius 2 is 2.07 bits per heavy atom. The molecule has 1 aromatic rings. The minimum atomic E-state index is -0.905. The van der Waals surface area contributed by atoms with Gasteiger partial charge in [-0.15, -0.1) is 0 Å². The highest BCUT2D eigenvalue weighted by Crippen LogP contribution is 2.33. The van der Waals surface area contributed by atoms with Gasteiger partial charge in [-0.2, -0.15) is 5.26 Å². The van der Waals surface area contributed by atoms with Gasteiger partial charge in [-0.3, -0.25) is 9.69 Å². The van der Waals surface area contributed by atoms with Gasteiger partial charge in [0.15, 0.2) is 6.29 Å². The number of nitriles is 1. The Hall–Kier alpha value is -2.71. The molecule has 0 aliphatic carbocycles. The lowest BCUT2D eigenvalue weighted by atomic mass is 9.90. The van der Waals surface area contributed by atoms with E-state index in [4.69, 9.17) is 20.5 Å². The molecule has 3 aliphatic heterocycles. The van der Waals surface area contributed by atoms with Crippen LogP contribution in [0.2, 0.25) is 0 Å². The molecule has 1 aromatic carbocycles. The molecule has 3 aliphatic rings. The first-order valence-electron chi connectivity index (χ1n) is 10.0. The van der Waals surface area contributed by atoms with Gasteiger partial charge in [0.2, 0.25) is 5.91 Å². The molecule has 5 atom stereocenters. The second-order valence-corrected chi connectivity index (χ2v) is 7.89. The van der Waals surface area contributed by atoms with Gasteiger partial charge in [-0.25, -0.2) is 4.79 Å². The van der Waals surface area contributed by atoms with Crippen LogP contribution in [-0.4, -0.2) is 72.2 Å². The van der Waals surface area contributed by atoms with E-state index in [1.807, 2.05) is 11.0 Å². The Morgan fingerprint density at radius 1 is 1.30 bits per heavy atom. The zero-order valence-corrected chi connectivity index (χ0v) is 16.4. The van der Waals surface area contributed by atoms with Crippen LogP contribution < -0.4 is 16.4 Å². The summed E-state index contributed by atoms with van der Waals surface area (Å²) in [5, 5.41) is 25.5. The van der Waals surface area contributed by atoms with Crippen molar-refractivity contribution >= 4 is 17.6 Å². The van der Waals surface area contributed by atoms with Crippen molar-refractivity contribution in [1.29, 1.82) is 5.26 Å². The van der Waals surface area contributed by atoms with E-state index in [-0.39, 0.29) is 18.4 Å². The van der Waals surface area contributed by atoms with Crippen molar-refractivity contribution in [2.75, 3.05) is 25.0 Å². The number of aliphatic hydroxyl groups excluding tert-OH is 1. The average Bonchev–Trinajstić information content (AvgIpc) is 3.17. The average molecular weight is 415 g/mol. The lowest BCUT2D eigenvalue weighted by Gasteiger charge is -2.45. The van der Waals surface area contributed by atoms with Crippen molar-refractivity contribution < 1.29 is 24.2 Å². The molecule has 4 rings (SSSR count). The zero-order valence-electron chi connectivity index (χ0n) is 16.4. The van der Waals surface area contributed by atoms with Gasteiger partial charge in [0, 0.05) is 11.6 Å². The van der Waals surface area contributed by atoms with Crippen molar-refractivity contribution in [1.82, 2.24) is 10.2 Å². The molecule has 0 spiro atoms. The van der Waals surface area contributed by atoms with E-state index in [0.717, 1.165) is 0 Å². The van der Waals surface area contributed by atoms with Crippen LogP contribution in [0.4, 0.5) is 10.5 Å². The standard InChI is InChI=1S/C20H25N5O5/c21-9-11-2-1-3-13(8-11)23-20(28)24-15-14-10-29-19(30-14)16(17(15)26)25-6-4-12(5-7-25)18(22)27/h1-3,8,12,14-17,19,26H,4-7,10H2,(H2,22,27)(H2,23,24,28)/t14-,15-,16+,17-,19+/m0/s1. The van der Waals surface area contributed by atoms with Crippen LogP contribution in [-0.2, 0) is 14.3 Å². The van der Waals surface area contributed by atoms with Gasteiger partial charge in [0.1, 0.15) is 6.10 Å². The first kappa shape index (κ1) is 20.6. The number of amides is 3. The van der Waals surface area contributed by atoms with Gasteiger partial charge < -0.3 is 30.9 Å². The van der Waals surface area contributed by atoms with Crippen LogP contribution in [0, 0.1) is 17.2 Å². The van der Waals surface area contributed by atoms with Crippen molar-refractivity contribution in [2.45, 2.75) is 43.4 Å². The lowest BCUT2D eigenvalue weighted by molar-refractivity contribution is -0.184. The fourth-order valence-corrected chi connectivity index (χ4v) is 4.43. The second kappa shape index (κ2) is 8.57. The van der Waals surface area contributed by atoms with E-state index in [9.17, 15) is 14.7 Å². The third-order valence-corrected chi connectivity index (χ3v) is 6.03. The van der Waals surface area contributed by atoms with Crippen LogP contribution >= 0.6 is 0 Å². The summed E-state index contributed by atoms with van der Waals surface area (Å²) in [6.07, 6.45) is -0.716. The van der Waals surface area contributed by atoms with Crippen molar-refractivity contribution in [3.8, 4) is 6.07 Å². The second-order valence-electron chi connectivity index (χ2n) is 7.89. The third-order valence-electron chi connectivity index (χ3n) is 6.03. The summed E-state index contributed by atoms with van der Waals surface area (Å²) in [6, 6.07) is 6.95. The summed E-state index contributed by atoms with van der Waals surface area (Å²) >= 11 is 0. The highest BCUT2D eigenvalue weighted by atomic mass is 16.7. The quantitative estimate of drug-likeness (QED) is 0.529. The number of benzene rings is 1. The number of urea groups is 1. The number of hydrogen-bond acceptors (Lipinski definition) is 7. The maximum atomic E-state index is 12.5. The highest BCUT2D eigenvalue weighted by molar-refractivity contribution is 5.89. The summed E-state index contributed by atoms with van der Waals surface area (Å²) < 4.78 is 11.6. The number of carbonyl (C=O) groups is 2. The van der Waals surface area contributed by atoms with Crippen LogP contribution in [0.5, 0.6) is 0 Å². The molecule has 30 heavy (non-hydrogen) atoms. The van der Waals surface area contributed by atoms with E-state index in [1.54, 1.807) is 24.3 Å². The van der Waals surface area contributed by atoms with Crippen molar-refractivity contribution in [2.24, 2.45) is 11.7 Å². The van der Waals surface area contributed by atoms with E-state index >= 15 is 0 Å². The summed E-state index contributed by atoms with van der Waals surface area (Å²) in [5.74, 6) is -0.465. The number of primary amides is 1. The molecular weight excluding hydrogens is 390 g/mol. The molecule has 10 nitrogen and oxygen atoms in total. The number of fused-ring (bicyclic) bond motifs is 2. The van der Waals surface area contributed by atoms with Gasteiger partial charge in [-0.1, -0.05) is 6.07 Å². The van der Waals surface area contributed by atoms with Crippen molar-refractivity contribution in [3.05, 3.63) is 29.8 Å². The summed E-state index contributed by atoms with van der Waals surface area (Å²) in [4.78, 5) is 26.0. The Kier molecular flexibility index (Phi) is 5.87. The fourth-order valence-electron chi connectivity index (χ4n) is 4.43. The number of hydrogen-bond donors (Lipinski definition) is 4. The summed E-state index contributed by atoms with van der Waals surface area (Å²) in [7, 11) is 0. The maximum absolute atomic E-state index is 12.5. The van der Waals surface area contributed by atoms with Crippen molar-refractivity contribution in [3.63, 3.8) is 0 Å². The number of nitrogens with zero attached hydrogens (tertiary/aromatic N) is 2. The zero-order chi connectivity index (χ0) is 21.3. The number of anilines is 1. The highest BCUT2D eigenvalue weighted by Gasteiger charge is 2.53. The number of ether oxygens (including phenoxy) is 2. The first-order valence-corrected chi connectivity index (χ1v) is 10.0. The van der Waals surface area contributed by atoms with Crippen LogP contribution in [0.15, 0.2) is 24.3 Å².